The summed E-state index contributed by atoms with van der Waals surface area (Å²) >= 11 is 1.75. The smallest absolute Gasteiger partial charge is 0.233 e. The van der Waals surface area contributed by atoms with Gasteiger partial charge in [-0.25, -0.2) is 0 Å². The number of carbonyl (C=O) groups is 1. The molecule has 1 atom stereocenters. The SMILES string of the molecule is O=C1NCCS[C@H]1Cc1ccccc1. The summed E-state index contributed by atoms with van der Waals surface area (Å²) in [6.45, 7) is 0.814. The van der Waals surface area contributed by atoms with Crippen LogP contribution in [0, 0.1) is 0 Å². The molecule has 2 rings (SSSR count). The molecule has 0 saturated carbocycles. The minimum atomic E-state index is 0.103. The minimum absolute atomic E-state index is 0.103. The highest BCUT2D eigenvalue weighted by atomic mass is 32.2. The number of amides is 1. The highest BCUT2D eigenvalue weighted by Crippen LogP contribution is 2.18. The molecule has 0 radical (unpaired) electrons. The maximum Gasteiger partial charge on any atom is 0.233 e. The largest absolute Gasteiger partial charge is 0.354 e. The van der Waals surface area contributed by atoms with Gasteiger partial charge in [-0.2, -0.15) is 0 Å². The first-order chi connectivity index (χ1) is 6.86. The van der Waals surface area contributed by atoms with E-state index in [0.29, 0.717) is 0 Å². The zero-order chi connectivity index (χ0) is 9.80. The van der Waals surface area contributed by atoms with E-state index in [0.717, 1.165) is 18.7 Å². The van der Waals surface area contributed by atoms with Crippen LogP contribution in [0.1, 0.15) is 5.56 Å². The zero-order valence-corrected chi connectivity index (χ0v) is 8.72. The summed E-state index contributed by atoms with van der Waals surface area (Å²) in [6.07, 6.45) is 0.845. The first-order valence-electron chi connectivity index (χ1n) is 4.79. The van der Waals surface area contributed by atoms with Gasteiger partial charge in [-0.05, 0) is 12.0 Å². The van der Waals surface area contributed by atoms with Crippen molar-refractivity contribution in [1.82, 2.24) is 5.32 Å². The number of nitrogens with one attached hydrogen (secondary N) is 1. The summed E-state index contributed by atoms with van der Waals surface area (Å²) in [5.74, 6) is 1.22. The molecule has 14 heavy (non-hydrogen) atoms. The molecule has 2 nitrogen and oxygen atoms in total. The Labute approximate surface area is 88.1 Å². The van der Waals surface area contributed by atoms with Crippen LogP contribution in [0.5, 0.6) is 0 Å². The number of thioether (sulfide) groups is 1. The molecule has 0 aliphatic carbocycles. The summed E-state index contributed by atoms with van der Waals surface area (Å²) in [7, 11) is 0. The van der Waals surface area contributed by atoms with Gasteiger partial charge in [-0.3, -0.25) is 4.79 Å². The Morgan fingerprint density at radius 2 is 2.14 bits per heavy atom. The monoisotopic (exact) mass is 207 g/mol. The van der Waals surface area contributed by atoms with Crippen LogP contribution in [0.3, 0.4) is 0 Å². The summed E-state index contributed by atoms with van der Waals surface area (Å²) in [5.41, 5.74) is 1.24. The Kier molecular flexibility index (Phi) is 3.09. The van der Waals surface area contributed by atoms with E-state index in [1.807, 2.05) is 18.2 Å². The maximum atomic E-state index is 11.5. The Morgan fingerprint density at radius 1 is 1.36 bits per heavy atom. The molecule has 0 spiro atoms. The molecule has 1 amide bonds. The number of benzene rings is 1. The van der Waals surface area contributed by atoms with Crippen molar-refractivity contribution >= 4 is 17.7 Å². The first kappa shape index (κ1) is 9.59. The number of carbonyl (C=O) groups excluding carboxylic acids is 1. The fourth-order valence-electron chi connectivity index (χ4n) is 1.54. The summed E-state index contributed by atoms with van der Waals surface area (Å²) in [5, 5.41) is 3.00. The molecular weight excluding hydrogens is 194 g/mol. The van der Waals surface area contributed by atoms with E-state index in [1.54, 1.807) is 11.8 Å². The van der Waals surface area contributed by atoms with Gasteiger partial charge < -0.3 is 5.32 Å². The standard InChI is InChI=1S/C11H13NOS/c13-11-10(14-7-6-12-11)8-9-4-2-1-3-5-9/h1-5,10H,6-8H2,(H,12,13)/t10-/m0/s1. The van der Waals surface area contributed by atoms with E-state index in [2.05, 4.69) is 17.4 Å². The van der Waals surface area contributed by atoms with E-state index >= 15 is 0 Å². The highest BCUT2D eigenvalue weighted by molar-refractivity contribution is 8.00. The van der Waals surface area contributed by atoms with Gasteiger partial charge in [0.2, 0.25) is 5.91 Å². The lowest BCUT2D eigenvalue weighted by Crippen LogP contribution is -2.40. The molecule has 1 aromatic carbocycles. The number of hydrogen-bond acceptors (Lipinski definition) is 2. The van der Waals surface area contributed by atoms with Gasteiger partial charge in [0.25, 0.3) is 0 Å². The van der Waals surface area contributed by atoms with Crippen molar-refractivity contribution in [3.63, 3.8) is 0 Å². The molecule has 1 saturated heterocycles. The third kappa shape index (κ3) is 2.29. The molecule has 1 N–H and O–H groups in total. The number of rotatable bonds is 2. The quantitative estimate of drug-likeness (QED) is 0.795. The predicted molar refractivity (Wildman–Crippen MR) is 59.4 cm³/mol. The maximum absolute atomic E-state index is 11.5. The van der Waals surface area contributed by atoms with Crippen molar-refractivity contribution in [3.05, 3.63) is 35.9 Å². The molecule has 0 aromatic heterocycles. The fraction of sp³-hybridized carbons (Fsp3) is 0.364. The lowest BCUT2D eigenvalue weighted by Gasteiger charge is -2.21. The average molecular weight is 207 g/mol. The minimum Gasteiger partial charge on any atom is -0.354 e. The third-order valence-corrected chi connectivity index (χ3v) is 3.50. The molecule has 3 heteroatoms. The molecule has 1 aromatic rings. The van der Waals surface area contributed by atoms with Crippen molar-refractivity contribution in [3.8, 4) is 0 Å². The molecule has 0 unspecified atom stereocenters. The summed E-state index contributed by atoms with van der Waals surface area (Å²) < 4.78 is 0. The fourth-order valence-corrected chi connectivity index (χ4v) is 2.59. The van der Waals surface area contributed by atoms with Crippen molar-refractivity contribution < 1.29 is 4.79 Å². The second kappa shape index (κ2) is 4.51. The Balaban J connectivity index is 2.00. The van der Waals surface area contributed by atoms with Crippen molar-refractivity contribution in [1.29, 1.82) is 0 Å². The van der Waals surface area contributed by atoms with Gasteiger partial charge >= 0.3 is 0 Å². The van der Waals surface area contributed by atoms with E-state index in [-0.39, 0.29) is 11.2 Å². The van der Waals surface area contributed by atoms with Crippen molar-refractivity contribution in [2.24, 2.45) is 0 Å². The molecule has 74 valence electrons. The topological polar surface area (TPSA) is 29.1 Å². The second-order valence-corrected chi connectivity index (χ2v) is 4.65. The van der Waals surface area contributed by atoms with Gasteiger partial charge in [0.1, 0.15) is 0 Å². The van der Waals surface area contributed by atoms with E-state index in [4.69, 9.17) is 0 Å². The Bertz CT molecular complexity index is 312. The summed E-state index contributed by atoms with van der Waals surface area (Å²) in [6, 6.07) is 10.2. The second-order valence-electron chi connectivity index (χ2n) is 3.34. The van der Waals surface area contributed by atoms with Gasteiger partial charge in [0.15, 0.2) is 0 Å². The molecule has 1 fully saturated rings. The van der Waals surface area contributed by atoms with Crippen LogP contribution in [0.15, 0.2) is 30.3 Å². The Morgan fingerprint density at radius 3 is 2.86 bits per heavy atom. The van der Waals surface area contributed by atoms with Crippen LogP contribution in [-0.2, 0) is 11.2 Å². The van der Waals surface area contributed by atoms with Crippen LogP contribution >= 0.6 is 11.8 Å². The van der Waals surface area contributed by atoms with Gasteiger partial charge in [0.05, 0.1) is 5.25 Å². The molecule has 0 bridgehead atoms. The highest BCUT2D eigenvalue weighted by Gasteiger charge is 2.22. The molecule has 1 heterocycles. The Hall–Kier alpha value is -0.960. The van der Waals surface area contributed by atoms with Crippen LogP contribution in [0.4, 0.5) is 0 Å². The van der Waals surface area contributed by atoms with Gasteiger partial charge in [-0.1, -0.05) is 30.3 Å². The van der Waals surface area contributed by atoms with Crippen LogP contribution in [0.25, 0.3) is 0 Å². The predicted octanol–water partition coefficient (Wildman–Crippen LogP) is 1.46. The van der Waals surface area contributed by atoms with Crippen LogP contribution < -0.4 is 5.32 Å². The molecule has 1 aliphatic rings. The molecular formula is C11H13NOS. The van der Waals surface area contributed by atoms with Crippen molar-refractivity contribution in [2.75, 3.05) is 12.3 Å². The zero-order valence-electron chi connectivity index (χ0n) is 7.90. The number of hydrogen-bond donors (Lipinski definition) is 1. The van der Waals surface area contributed by atoms with Crippen molar-refractivity contribution in [2.45, 2.75) is 11.7 Å². The van der Waals surface area contributed by atoms with E-state index in [9.17, 15) is 4.79 Å². The van der Waals surface area contributed by atoms with Gasteiger partial charge in [0, 0.05) is 12.3 Å². The first-order valence-corrected chi connectivity index (χ1v) is 5.84. The van der Waals surface area contributed by atoms with E-state index < -0.39 is 0 Å². The van der Waals surface area contributed by atoms with Gasteiger partial charge in [-0.15, -0.1) is 11.8 Å². The van der Waals surface area contributed by atoms with Crippen LogP contribution in [0.2, 0.25) is 0 Å². The van der Waals surface area contributed by atoms with Crippen LogP contribution in [-0.4, -0.2) is 23.5 Å². The lowest BCUT2D eigenvalue weighted by atomic mass is 10.1. The summed E-state index contributed by atoms with van der Waals surface area (Å²) in [4.78, 5) is 11.5. The van der Waals surface area contributed by atoms with E-state index in [1.165, 1.54) is 5.56 Å². The third-order valence-electron chi connectivity index (χ3n) is 2.28. The average Bonchev–Trinajstić information content (AvgIpc) is 2.23. The normalized spacial score (nSPS) is 21.7. The molecule has 1 aliphatic heterocycles. The lowest BCUT2D eigenvalue weighted by molar-refractivity contribution is -0.120.